The van der Waals surface area contributed by atoms with Crippen molar-refractivity contribution < 1.29 is 9.53 Å². The molecule has 3 rings (SSSR count). The lowest BCUT2D eigenvalue weighted by Gasteiger charge is -2.24. The Morgan fingerprint density at radius 2 is 1.84 bits per heavy atom. The van der Waals surface area contributed by atoms with E-state index in [1.165, 1.54) is 11.3 Å². The summed E-state index contributed by atoms with van der Waals surface area (Å²) in [6.45, 7) is 4.55. The van der Waals surface area contributed by atoms with Crippen molar-refractivity contribution in [2.24, 2.45) is 4.99 Å². The van der Waals surface area contributed by atoms with Crippen LogP contribution < -0.4 is 20.3 Å². The maximum absolute atomic E-state index is 12.1. The summed E-state index contributed by atoms with van der Waals surface area (Å²) in [5, 5.41) is 6.89. The Morgan fingerprint density at radius 3 is 2.59 bits per heavy atom. The van der Waals surface area contributed by atoms with Gasteiger partial charge in [0.05, 0.1) is 6.61 Å². The third-order valence-corrected chi connectivity index (χ3v) is 5.74. The molecule has 7 nitrogen and oxygen atoms in total. The zero-order valence-electron chi connectivity index (χ0n) is 19.5. The van der Waals surface area contributed by atoms with Gasteiger partial charge in [0, 0.05) is 57.4 Å². The van der Waals surface area contributed by atoms with Gasteiger partial charge in [0.1, 0.15) is 12.3 Å². The normalized spacial score (nSPS) is 16.0. The van der Waals surface area contributed by atoms with E-state index in [0.29, 0.717) is 12.6 Å². The molecule has 0 saturated heterocycles. The number of carbonyl (C=O) groups excluding carboxylic acids is 1. The highest BCUT2D eigenvalue weighted by Crippen LogP contribution is 2.35. The number of para-hydroxylation sites is 2. The van der Waals surface area contributed by atoms with Crippen LogP contribution in [0.1, 0.15) is 24.8 Å². The van der Waals surface area contributed by atoms with E-state index in [1.54, 1.807) is 19.0 Å². The second-order valence-corrected chi connectivity index (χ2v) is 8.38. The zero-order chi connectivity index (χ0) is 22.9. The molecule has 172 valence electrons. The van der Waals surface area contributed by atoms with Crippen LogP contribution in [0.5, 0.6) is 5.75 Å². The second kappa shape index (κ2) is 11.4. The van der Waals surface area contributed by atoms with Crippen LogP contribution in [0.25, 0.3) is 0 Å². The molecule has 1 amide bonds. The lowest BCUT2D eigenvalue weighted by molar-refractivity contribution is -0.127. The first kappa shape index (κ1) is 23.4. The summed E-state index contributed by atoms with van der Waals surface area (Å²) in [6, 6.07) is 18.6. The first-order chi connectivity index (χ1) is 15.5. The molecule has 0 aliphatic carbocycles. The Hall–Kier alpha value is -3.22. The Balaban J connectivity index is 1.57. The van der Waals surface area contributed by atoms with E-state index < -0.39 is 0 Å². The van der Waals surface area contributed by atoms with Crippen LogP contribution in [0.2, 0.25) is 0 Å². The molecular formula is C25H35N5O2. The molecule has 0 radical (unpaired) electrons. The quantitative estimate of drug-likeness (QED) is 0.359. The van der Waals surface area contributed by atoms with Gasteiger partial charge in [-0.05, 0) is 31.5 Å². The Morgan fingerprint density at radius 1 is 1.12 bits per heavy atom. The molecule has 0 aromatic heterocycles. The number of carbonyl (C=O) groups is 1. The number of rotatable bonds is 9. The predicted molar refractivity (Wildman–Crippen MR) is 131 cm³/mol. The van der Waals surface area contributed by atoms with Gasteiger partial charge in [0.25, 0.3) is 0 Å². The summed E-state index contributed by atoms with van der Waals surface area (Å²) >= 11 is 0. The molecule has 0 saturated carbocycles. The number of benzene rings is 2. The van der Waals surface area contributed by atoms with Crippen molar-refractivity contribution in [1.29, 1.82) is 0 Å². The lowest BCUT2D eigenvalue weighted by atomic mass is 9.94. The summed E-state index contributed by atoms with van der Waals surface area (Å²) in [6.07, 6.45) is 0.942. The highest BCUT2D eigenvalue weighted by Gasteiger charge is 2.29. The van der Waals surface area contributed by atoms with Crippen LogP contribution in [-0.2, 0) is 4.79 Å². The monoisotopic (exact) mass is 437 g/mol. The zero-order valence-corrected chi connectivity index (χ0v) is 19.5. The maximum Gasteiger partial charge on any atom is 0.243 e. The molecule has 1 heterocycles. The standard InChI is InChI=1S/C25H35N5O2/c1-19(22-18-32-23-14-9-8-13-21(22)23)28-25(27-17-24(31)29(2)3)26-15-10-16-30(4)20-11-6-5-7-12-20/h5-9,11-14,19,22H,10,15-18H2,1-4H3,(H2,26,27,28). The molecule has 1 aliphatic heterocycles. The molecule has 32 heavy (non-hydrogen) atoms. The molecule has 0 bridgehead atoms. The minimum absolute atomic E-state index is 0.0305. The molecule has 2 atom stereocenters. The third kappa shape index (κ3) is 6.39. The van der Waals surface area contributed by atoms with Crippen molar-refractivity contribution in [2.75, 3.05) is 52.3 Å². The number of nitrogens with zero attached hydrogens (tertiary/aromatic N) is 3. The predicted octanol–water partition coefficient (Wildman–Crippen LogP) is 2.70. The van der Waals surface area contributed by atoms with Gasteiger partial charge in [-0.15, -0.1) is 0 Å². The van der Waals surface area contributed by atoms with E-state index in [0.717, 1.165) is 25.3 Å². The molecule has 0 spiro atoms. The lowest BCUT2D eigenvalue weighted by Crippen LogP contribution is -2.46. The van der Waals surface area contributed by atoms with Crippen molar-refractivity contribution in [1.82, 2.24) is 15.5 Å². The van der Waals surface area contributed by atoms with Crippen molar-refractivity contribution in [3.05, 3.63) is 60.2 Å². The number of ether oxygens (including phenoxy) is 1. The molecule has 0 fully saturated rings. The number of hydrogen-bond donors (Lipinski definition) is 2. The fraction of sp³-hybridized carbons (Fsp3) is 0.440. The van der Waals surface area contributed by atoms with Gasteiger partial charge in [-0.25, -0.2) is 4.99 Å². The second-order valence-electron chi connectivity index (χ2n) is 8.38. The fourth-order valence-electron chi connectivity index (χ4n) is 3.69. The van der Waals surface area contributed by atoms with Crippen LogP contribution in [-0.4, -0.2) is 70.2 Å². The number of hydrogen-bond acceptors (Lipinski definition) is 4. The number of anilines is 1. The van der Waals surface area contributed by atoms with E-state index in [9.17, 15) is 4.79 Å². The van der Waals surface area contributed by atoms with Crippen molar-refractivity contribution in [3.8, 4) is 5.75 Å². The van der Waals surface area contributed by atoms with Gasteiger partial charge in [-0.3, -0.25) is 4.79 Å². The molecule has 1 aliphatic rings. The number of guanidine groups is 1. The highest BCUT2D eigenvalue weighted by molar-refractivity contribution is 5.85. The minimum Gasteiger partial charge on any atom is -0.493 e. The Bertz CT molecular complexity index is 900. The summed E-state index contributed by atoms with van der Waals surface area (Å²) < 4.78 is 5.84. The van der Waals surface area contributed by atoms with E-state index in [1.807, 2.05) is 36.4 Å². The Labute approximate surface area is 191 Å². The van der Waals surface area contributed by atoms with Gasteiger partial charge in [0.15, 0.2) is 5.96 Å². The van der Waals surface area contributed by atoms with Crippen LogP contribution in [0.15, 0.2) is 59.6 Å². The molecule has 2 aromatic rings. The average molecular weight is 438 g/mol. The molecule has 2 unspecified atom stereocenters. The first-order valence-electron chi connectivity index (χ1n) is 11.2. The number of amides is 1. The topological polar surface area (TPSA) is 69.2 Å². The van der Waals surface area contributed by atoms with Crippen LogP contribution in [0.3, 0.4) is 0 Å². The largest absolute Gasteiger partial charge is 0.493 e. The van der Waals surface area contributed by atoms with E-state index in [4.69, 9.17) is 4.74 Å². The molecule has 7 heteroatoms. The summed E-state index contributed by atoms with van der Waals surface area (Å²) in [7, 11) is 5.58. The van der Waals surface area contributed by atoms with Crippen molar-refractivity contribution >= 4 is 17.6 Å². The fourth-order valence-corrected chi connectivity index (χ4v) is 3.69. The van der Waals surface area contributed by atoms with E-state index >= 15 is 0 Å². The summed E-state index contributed by atoms with van der Waals surface area (Å²) in [5.74, 6) is 1.80. The summed E-state index contributed by atoms with van der Waals surface area (Å²) in [5.41, 5.74) is 2.41. The first-order valence-corrected chi connectivity index (χ1v) is 11.2. The molecule has 2 aromatic carbocycles. The number of fused-ring (bicyclic) bond motifs is 1. The summed E-state index contributed by atoms with van der Waals surface area (Å²) in [4.78, 5) is 20.4. The van der Waals surface area contributed by atoms with E-state index in [2.05, 4.69) is 52.7 Å². The third-order valence-electron chi connectivity index (χ3n) is 5.74. The van der Waals surface area contributed by atoms with Gasteiger partial charge in [0.2, 0.25) is 5.91 Å². The Kier molecular flexibility index (Phi) is 8.36. The van der Waals surface area contributed by atoms with Crippen LogP contribution >= 0.6 is 0 Å². The van der Waals surface area contributed by atoms with Crippen molar-refractivity contribution in [2.45, 2.75) is 25.3 Å². The maximum atomic E-state index is 12.1. The van der Waals surface area contributed by atoms with Crippen LogP contribution in [0, 0.1) is 0 Å². The minimum atomic E-state index is -0.0305. The van der Waals surface area contributed by atoms with Gasteiger partial charge in [-0.1, -0.05) is 36.4 Å². The number of nitrogens with one attached hydrogen (secondary N) is 2. The highest BCUT2D eigenvalue weighted by atomic mass is 16.5. The molecule has 2 N–H and O–H groups in total. The van der Waals surface area contributed by atoms with Gasteiger partial charge < -0.3 is 25.2 Å². The SMILES string of the molecule is CC(NC(=NCC(=O)N(C)C)NCCCN(C)c1ccccc1)C1COc2ccccc21. The van der Waals surface area contributed by atoms with Crippen molar-refractivity contribution in [3.63, 3.8) is 0 Å². The van der Waals surface area contributed by atoms with Gasteiger partial charge >= 0.3 is 0 Å². The smallest absolute Gasteiger partial charge is 0.243 e. The van der Waals surface area contributed by atoms with Crippen LogP contribution in [0.4, 0.5) is 5.69 Å². The molecular weight excluding hydrogens is 402 g/mol. The van der Waals surface area contributed by atoms with Gasteiger partial charge in [-0.2, -0.15) is 0 Å². The van der Waals surface area contributed by atoms with E-state index in [-0.39, 0.29) is 24.4 Å². The number of likely N-dealkylation sites (N-methyl/N-ethyl adjacent to an activating group) is 1. The number of aliphatic imine (C=N–C) groups is 1. The average Bonchev–Trinajstić information content (AvgIpc) is 3.24.